The zero-order valence-electron chi connectivity index (χ0n) is 16.6. The van der Waals surface area contributed by atoms with E-state index in [0.29, 0.717) is 17.9 Å². The highest BCUT2D eigenvalue weighted by molar-refractivity contribution is 6.30. The van der Waals surface area contributed by atoms with Crippen molar-refractivity contribution in [2.75, 3.05) is 6.54 Å². The van der Waals surface area contributed by atoms with Crippen molar-refractivity contribution in [1.82, 2.24) is 15.5 Å². The van der Waals surface area contributed by atoms with Crippen molar-refractivity contribution in [3.8, 4) is 0 Å². The quantitative estimate of drug-likeness (QED) is 0.715. The Morgan fingerprint density at radius 3 is 2.30 bits per heavy atom. The molecule has 0 radical (unpaired) electrons. The third kappa shape index (κ3) is 4.05. The van der Waals surface area contributed by atoms with Gasteiger partial charge in [-0.25, -0.2) is 4.79 Å². The highest BCUT2D eigenvalue weighted by Gasteiger charge is 2.51. The average Bonchev–Trinajstić information content (AvgIpc) is 2.98. The van der Waals surface area contributed by atoms with E-state index in [1.165, 1.54) is 0 Å². The van der Waals surface area contributed by atoms with Gasteiger partial charge in [0.25, 0.3) is 5.91 Å². The summed E-state index contributed by atoms with van der Waals surface area (Å²) in [7, 11) is 0. The zero-order chi connectivity index (χ0) is 21.1. The summed E-state index contributed by atoms with van der Waals surface area (Å²) in [6.45, 7) is -0.302. The lowest BCUT2D eigenvalue weighted by Gasteiger charge is -2.30. The first-order valence-corrected chi connectivity index (χ1v) is 10.6. The number of nitrogens with one attached hydrogen (secondary N) is 2. The Kier molecular flexibility index (Phi) is 5.77. The standard InChI is InChI=1S/C23H24ClN3O3/c24-18-11-9-17(10-12-18)20(16-7-3-1-4-8-16)25-19(28)15-27-21(29)23(26-22(27)30)13-5-2-6-14-23/h1,3-4,7-12,20H,2,5-6,13-15H2,(H,25,28)(H,26,30)/t20-/m0/s1. The van der Waals surface area contributed by atoms with Crippen molar-refractivity contribution >= 4 is 29.4 Å². The molecule has 0 aromatic heterocycles. The van der Waals surface area contributed by atoms with E-state index in [2.05, 4.69) is 10.6 Å². The minimum absolute atomic E-state index is 0.287. The van der Waals surface area contributed by atoms with Gasteiger partial charge in [-0.15, -0.1) is 0 Å². The van der Waals surface area contributed by atoms with Crippen molar-refractivity contribution in [2.45, 2.75) is 43.7 Å². The van der Waals surface area contributed by atoms with Gasteiger partial charge >= 0.3 is 6.03 Å². The van der Waals surface area contributed by atoms with Crippen molar-refractivity contribution in [1.29, 1.82) is 0 Å². The summed E-state index contributed by atoms with van der Waals surface area (Å²) in [5, 5.41) is 6.42. The lowest BCUT2D eigenvalue weighted by molar-refractivity contribution is -0.136. The number of urea groups is 1. The Hall–Kier alpha value is -2.86. The van der Waals surface area contributed by atoms with Crippen LogP contribution >= 0.6 is 11.6 Å². The van der Waals surface area contributed by atoms with E-state index in [9.17, 15) is 14.4 Å². The Morgan fingerprint density at radius 1 is 1.00 bits per heavy atom. The van der Waals surface area contributed by atoms with Gasteiger partial charge in [-0.3, -0.25) is 14.5 Å². The van der Waals surface area contributed by atoms with Crippen molar-refractivity contribution < 1.29 is 14.4 Å². The molecule has 30 heavy (non-hydrogen) atoms. The first-order chi connectivity index (χ1) is 14.5. The smallest absolute Gasteiger partial charge is 0.325 e. The summed E-state index contributed by atoms with van der Waals surface area (Å²) in [5.74, 6) is -0.680. The van der Waals surface area contributed by atoms with Crippen LogP contribution < -0.4 is 10.6 Å². The summed E-state index contributed by atoms with van der Waals surface area (Å²) in [6, 6.07) is 15.9. The number of carbonyl (C=O) groups is 3. The van der Waals surface area contributed by atoms with Gasteiger partial charge in [0.1, 0.15) is 12.1 Å². The van der Waals surface area contributed by atoms with Crippen LogP contribution in [0.5, 0.6) is 0 Å². The number of nitrogens with zero attached hydrogens (tertiary/aromatic N) is 1. The van der Waals surface area contributed by atoms with Crippen LogP contribution in [0, 0.1) is 0 Å². The first-order valence-electron chi connectivity index (χ1n) is 10.2. The molecule has 2 aromatic rings. The molecule has 4 amide bonds. The van der Waals surface area contributed by atoms with Crippen LogP contribution in [0.25, 0.3) is 0 Å². The fraction of sp³-hybridized carbons (Fsp3) is 0.348. The predicted molar refractivity (Wildman–Crippen MR) is 114 cm³/mol. The molecule has 6 nitrogen and oxygen atoms in total. The van der Waals surface area contributed by atoms with Gasteiger partial charge in [0.15, 0.2) is 0 Å². The highest BCUT2D eigenvalue weighted by atomic mass is 35.5. The number of halogens is 1. The summed E-state index contributed by atoms with van der Waals surface area (Å²) in [4.78, 5) is 39.3. The molecule has 1 aliphatic carbocycles. The minimum Gasteiger partial charge on any atom is -0.344 e. The number of rotatable bonds is 5. The van der Waals surface area contributed by atoms with Crippen molar-refractivity contribution in [3.05, 3.63) is 70.7 Å². The second-order valence-corrected chi connectivity index (χ2v) is 8.36. The topological polar surface area (TPSA) is 78.5 Å². The van der Waals surface area contributed by atoms with Crippen LogP contribution in [0.15, 0.2) is 54.6 Å². The van der Waals surface area contributed by atoms with Crippen LogP contribution in [0.4, 0.5) is 4.79 Å². The molecular weight excluding hydrogens is 402 g/mol. The second kappa shape index (κ2) is 8.48. The Labute approximate surface area is 180 Å². The molecule has 4 rings (SSSR count). The van der Waals surface area contributed by atoms with Crippen molar-refractivity contribution in [2.24, 2.45) is 0 Å². The Bertz CT molecular complexity index is 940. The van der Waals surface area contributed by atoms with Crippen LogP contribution in [0.1, 0.15) is 49.3 Å². The minimum atomic E-state index is -0.829. The van der Waals surface area contributed by atoms with Gasteiger partial charge in [-0.2, -0.15) is 0 Å². The number of carbonyl (C=O) groups excluding carboxylic acids is 3. The van der Waals surface area contributed by atoms with Gasteiger partial charge in [0, 0.05) is 5.02 Å². The highest BCUT2D eigenvalue weighted by Crippen LogP contribution is 2.33. The van der Waals surface area contributed by atoms with Crippen molar-refractivity contribution in [3.63, 3.8) is 0 Å². The average molecular weight is 426 g/mol. The van der Waals surface area contributed by atoms with E-state index in [1.54, 1.807) is 12.1 Å². The molecule has 2 fully saturated rings. The zero-order valence-corrected chi connectivity index (χ0v) is 17.3. The molecule has 1 atom stereocenters. The third-order valence-corrected chi connectivity index (χ3v) is 6.15. The van der Waals surface area contributed by atoms with Crippen LogP contribution in [0.3, 0.4) is 0 Å². The maximum atomic E-state index is 12.9. The maximum Gasteiger partial charge on any atom is 0.325 e. The monoisotopic (exact) mass is 425 g/mol. The Balaban J connectivity index is 1.51. The summed E-state index contributed by atoms with van der Waals surface area (Å²) < 4.78 is 0. The lowest BCUT2D eigenvalue weighted by atomic mass is 9.82. The van der Waals surface area contributed by atoms with E-state index >= 15 is 0 Å². The van der Waals surface area contributed by atoms with Gasteiger partial charge in [-0.1, -0.05) is 73.3 Å². The third-order valence-electron chi connectivity index (χ3n) is 5.90. The summed E-state index contributed by atoms with van der Waals surface area (Å²) >= 11 is 6.01. The largest absolute Gasteiger partial charge is 0.344 e. The predicted octanol–water partition coefficient (Wildman–Crippen LogP) is 3.80. The molecule has 1 spiro atoms. The van der Waals surface area contributed by atoms with Crippen LogP contribution in [-0.4, -0.2) is 34.8 Å². The summed E-state index contributed by atoms with van der Waals surface area (Å²) in [6.07, 6.45) is 4.13. The van der Waals surface area contributed by atoms with Gasteiger partial charge in [0.05, 0.1) is 6.04 Å². The molecule has 0 bridgehead atoms. The number of benzene rings is 2. The van der Waals surface area contributed by atoms with Gasteiger partial charge in [0.2, 0.25) is 5.91 Å². The number of imide groups is 1. The second-order valence-electron chi connectivity index (χ2n) is 7.93. The van der Waals surface area contributed by atoms with E-state index in [4.69, 9.17) is 11.6 Å². The number of hydrogen-bond acceptors (Lipinski definition) is 3. The SMILES string of the molecule is O=C(CN1C(=O)NC2(CCCCC2)C1=O)N[C@@H](c1ccccc1)c1ccc(Cl)cc1. The summed E-state index contributed by atoms with van der Waals surface area (Å²) in [5.41, 5.74) is 0.930. The first kappa shape index (κ1) is 20.4. The Morgan fingerprint density at radius 2 is 1.63 bits per heavy atom. The molecule has 2 aromatic carbocycles. The molecule has 0 unspecified atom stereocenters. The molecule has 2 aliphatic rings. The van der Waals surface area contributed by atoms with E-state index in [0.717, 1.165) is 35.3 Å². The number of hydrogen-bond donors (Lipinski definition) is 2. The molecule has 156 valence electrons. The number of amides is 4. The van der Waals surface area contributed by atoms with Crippen LogP contribution in [0.2, 0.25) is 5.02 Å². The fourth-order valence-electron chi connectivity index (χ4n) is 4.32. The molecule has 1 aliphatic heterocycles. The normalized spacial score (nSPS) is 18.9. The lowest BCUT2D eigenvalue weighted by Crippen LogP contribution is -2.49. The van der Waals surface area contributed by atoms with Gasteiger partial charge < -0.3 is 10.6 Å². The molecule has 1 saturated carbocycles. The van der Waals surface area contributed by atoms with E-state index in [-0.39, 0.29) is 12.5 Å². The molecule has 2 N–H and O–H groups in total. The fourth-order valence-corrected chi connectivity index (χ4v) is 4.45. The van der Waals surface area contributed by atoms with Crippen LogP contribution in [-0.2, 0) is 9.59 Å². The van der Waals surface area contributed by atoms with Gasteiger partial charge in [-0.05, 0) is 36.1 Å². The van der Waals surface area contributed by atoms with E-state index < -0.39 is 23.5 Å². The maximum absolute atomic E-state index is 12.9. The molecule has 1 heterocycles. The molecule has 1 saturated heterocycles. The molecule has 7 heteroatoms. The van der Waals surface area contributed by atoms with E-state index in [1.807, 2.05) is 42.5 Å². The molecular formula is C23H24ClN3O3.